The second kappa shape index (κ2) is 3.48. The summed E-state index contributed by atoms with van der Waals surface area (Å²) in [7, 11) is 0. The van der Waals surface area contributed by atoms with Crippen molar-refractivity contribution in [1.29, 1.82) is 0 Å². The zero-order valence-electron chi connectivity index (χ0n) is 8.63. The van der Waals surface area contributed by atoms with Crippen LogP contribution in [0.25, 0.3) is 0 Å². The van der Waals surface area contributed by atoms with Crippen molar-refractivity contribution >= 4 is 17.4 Å². The van der Waals surface area contributed by atoms with Gasteiger partial charge in [-0.3, -0.25) is 0 Å². The monoisotopic (exact) mass is 208 g/mol. The molecule has 3 heteroatoms. The summed E-state index contributed by atoms with van der Waals surface area (Å²) in [5.41, 5.74) is 8.14. The van der Waals surface area contributed by atoms with Crippen LogP contribution in [0.4, 0.5) is 5.69 Å². The summed E-state index contributed by atoms with van der Waals surface area (Å²) in [6, 6.07) is 6.33. The smallest absolute Gasteiger partial charge is 0.0524 e. The molecule has 1 aromatic rings. The Hall–Kier alpha value is -0.670. The molecule has 2 nitrogen and oxygen atoms in total. The van der Waals surface area contributed by atoms with E-state index in [1.165, 1.54) is 16.1 Å². The third-order valence-electron chi connectivity index (χ3n) is 2.41. The second-order valence-electron chi connectivity index (χ2n) is 4.21. The molecule has 2 rings (SSSR count). The van der Waals surface area contributed by atoms with Crippen molar-refractivity contribution in [2.24, 2.45) is 5.73 Å². The molecule has 76 valence electrons. The van der Waals surface area contributed by atoms with Crippen molar-refractivity contribution in [3.8, 4) is 0 Å². The van der Waals surface area contributed by atoms with Gasteiger partial charge in [0.15, 0.2) is 0 Å². The Balaban J connectivity index is 2.40. The predicted molar refractivity (Wildman–Crippen MR) is 62.8 cm³/mol. The van der Waals surface area contributed by atoms with E-state index in [0.717, 1.165) is 6.54 Å². The highest BCUT2D eigenvalue weighted by Gasteiger charge is 2.26. The van der Waals surface area contributed by atoms with Crippen LogP contribution >= 0.6 is 11.8 Å². The van der Waals surface area contributed by atoms with Crippen molar-refractivity contribution < 1.29 is 0 Å². The third-order valence-corrected chi connectivity index (χ3v) is 3.67. The molecule has 0 amide bonds. The zero-order chi connectivity index (χ0) is 10.2. The standard InChI is InChI=1S/C11H16N2S/c1-11(2)7-13-10-8(6-12)4-3-5-9(10)14-11/h3-5,13H,6-7,12H2,1-2H3. The number of anilines is 1. The van der Waals surface area contributed by atoms with Gasteiger partial charge < -0.3 is 11.1 Å². The van der Waals surface area contributed by atoms with Gasteiger partial charge in [-0.25, -0.2) is 0 Å². The van der Waals surface area contributed by atoms with Gasteiger partial charge in [-0.05, 0) is 25.5 Å². The topological polar surface area (TPSA) is 38.0 Å². The molecule has 1 heterocycles. The highest BCUT2D eigenvalue weighted by molar-refractivity contribution is 8.00. The number of nitrogens with two attached hydrogens (primary N) is 1. The molecule has 0 bridgehead atoms. The lowest BCUT2D eigenvalue weighted by molar-refractivity contribution is 0.737. The highest BCUT2D eigenvalue weighted by Crippen LogP contribution is 2.42. The van der Waals surface area contributed by atoms with E-state index in [2.05, 4.69) is 37.4 Å². The van der Waals surface area contributed by atoms with Crippen LogP contribution in [0.15, 0.2) is 23.1 Å². The maximum Gasteiger partial charge on any atom is 0.0524 e. The summed E-state index contributed by atoms with van der Waals surface area (Å²) in [5, 5.41) is 3.47. The van der Waals surface area contributed by atoms with Gasteiger partial charge >= 0.3 is 0 Å². The number of benzene rings is 1. The van der Waals surface area contributed by atoms with Crippen LogP contribution in [0.3, 0.4) is 0 Å². The minimum atomic E-state index is 0.278. The van der Waals surface area contributed by atoms with Crippen molar-refractivity contribution in [2.45, 2.75) is 30.0 Å². The lowest BCUT2D eigenvalue weighted by Gasteiger charge is -2.32. The first-order valence-electron chi connectivity index (χ1n) is 4.87. The molecule has 0 atom stereocenters. The highest BCUT2D eigenvalue weighted by atomic mass is 32.2. The summed E-state index contributed by atoms with van der Waals surface area (Å²) in [5.74, 6) is 0. The average Bonchev–Trinajstić information content (AvgIpc) is 2.15. The number of hydrogen-bond acceptors (Lipinski definition) is 3. The van der Waals surface area contributed by atoms with E-state index >= 15 is 0 Å². The quantitative estimate of drug-likeness (QED) is 0.744. The van der Waals surface area contributed by atoms with Crippen LogP contribution in [0.1, 0.15) is 19.4 Å². The Bertz CT molecular complexity index is 347. The van der Waals surface area contributed by atoms with Gasteiger partial charge in [-0.15, -0.1) is 11.8 Å². The minimum absolute atomic E-state index is 0.278. The fourth-order valence-corrected chi connectivity index (χ4v) is 2.86. The molecule has 0 aromatic heterocycles. The van der Waals surface area contributed by atoms with Crippen LogP contribution < -0.4 is 11.1 Å². The Morgan fingerprint density at radius 1 is 1.50 bits per heavy atom. The normalized spacial score (nSPS) is 18.5. The number of rotatable bonds is 1. The van der Waals surface area contributed by atoms with Gasteiger partial charge in [0.2, 0.25) is 0 Å². The molecule has 0 spiro atoms. The first-order chi connectivity index (χ1) is 6.62. The number of para-hydroxylation sites is 1. The molecule has 0 aliphatic carbocycles. The molecule has 1 aromatic carbocycles. The van der Waals surface area contributed by atoms with Gasteiger partial charge in [0.1, 0.15) is 0 Å². The first-order valence-corrected chi connectivity index (χ1v) is 5.69. The molecule has 1 aliphatic heterocycles. The van der Waals surface area contributed by atoms with E-state index in [1.54, 1.807) is 0 Å². The van der Waals surface area contributed by atoms with Crippen LogP contribution in [-0.2, 0) is 6.54 Å². The van der Waals surface area contributed by atoms with Crippen LogP contribution in [0.2, 0.25) is 0 Å². The summed E-state index contributed by atoms with van der Waals surface area (Å²) in [6.45, 7) is 6.12. The van der Waals surface area contributed by atoms with Gasteiger partial charge in [0, 0.05) is 22.7 Å². The van der Waals surface area contributed by atoms with Crippen molar-refractivity contribution in [3.63, 3.8) is 0 Å². The Labute approximate surface area is 89.3 Å². The van der Waals surface area contributed by atoms with E-state index in [0.29, 0.717) is 6.54 Å². The van der Waals surface area contributed by atoms with E-state index in [-0.39, 0.29) is 4.75 Å². The summed E-state index contributed by atoms with van der Waals surface area (Å²) >= 11 is 1.93. The Kier molecular flexibility index (Phi) is 2.45. The van der Waals surface area contributed by atoms with Crippen LogP contribution in [0, 0.1) is 0 Å². The largest absolute Gasteiger partial charge is 0.382 e. The molecule has 0 fully saturated rings. The maximum absolute atomic E-state index is 5.69. The van der Waals surface area contributed by atoms with E-state index in [9.17, 15) is 0 Å². The lowest BCUT2D eigenvalue weighted by atomic mass is 10.1. The minimum Gasteiger partial charge on any atom is -0.382 e. The van der Waals surface area contributed by atoms with E-state index in [1.807, 2.05) is 11.8 Å². The molecule has 0 saturated heterocycles. The molecular formula is C11H16N2S. The van der Waals surface area contributed by atoms with E-state index in [4.69, 9.17) is 5.73 Å². The number of hydrogen-bond donors (Lipinski definition) is 2. The number of nitrogens with one attached hydrogen (secondary N) is 1. The molecule has 0 radical (unpaired) electrons. The van der Waals surface area contributed by atoms with Crippen LogP contribution in [0.5, 0.6) is 0 Å². The molecule has 1 aliphatic rings. The van der Waals surface area contributed by atoms with Gasteiger partial charge in [-0.1, -0.05) is 12.1 Å². The van der Waals surface area contributed by atoms with Crippen LogP contribution in [-0.4, -0.2) is 11.3 Å². The number of thioether (sulfide) groups is 1. The summed E-state index contributed by atoms with van der Waals surface area (Å²) < 4.78 is 0.278. The zero-order valence-corrected chi connectivity index (χ0v) is 9.45. The molecule has 0 unspecified atom stereocenters. The van der Waals surface area contributed by atoms with Gasteiger partial charge in [0.05, 0.1) is 5.69 Å². The predicted octanol–water partition coefficient (Wildman–Crippen LogP) is 2.44. The third kappa shape index (κ3) is 1.74. The maximum atomic E-state index is 5.69. The Morgan fingerprint density at radius 2 is 2.29 bits per heavy atom. The van der Waals surface area contributed by atoms with Crippen molar-refractivity contribution in [3.05, 3.63) is 23.8 Å². The lowest BCUT2D eigenvalue weighted by Crippen LogP contribution is -2.30. The summed E-state index contributed by atoms with van der Waals surface area (Å²) in [4.78, 5) is 1.32. The Morgan fingerprint density at radius 3 is 3.00 bits per heavy atom. The summed E-state index contributed by atoms with van der Waals surface area (Å²) in [6.07, 6.45) is 0. The second-order valence-corrected chi connectivity index (χ2v) is 5.96. The molecular weight excluding hydrogens is 192 g/mol. The van der Waals surface area contributed by atoms with Crippen molar-refractivity contribution in [1.82, 2.24) is 0 Å². The van der Waals surface area contributed by atoms with Crippen molar-refractivity contribution in [2.75, 3.05) is 11.9 Å². The molecule has 14 heavy (non-hydrogen) atoms. The van der Waals surface area contributed by atoms with Gasteiger partial charge in [-0.2, -0.15) is 0 Å². The average molecular weight is 208 g/mol. The van der Waals surface area contributed by atoms with Gasteiger partial charge in [0.25, 0.3) is 0 Å². The SMILES string of the molecule is CC1(C)CNc2c(CN)cccc2S1. The molecule has 3 N–H and O–H groups in total. The first kappa shape index (κ1) is 9.87. The fraction of sp³-hybridized carbons (Fsp3) is 0.455. The number of fused-ring (bicyclic) bond motifs is 1. The van der Waals surface area contributed by atoms with E-state index < -0.39 is 0 Å². The fourth-order valence-electron chi connectivity index (χ4n) is 1.67. The molecule has 0 saturated carbocycles.